The number of nitrogens with zero attached hydrogens (tertiary/aromatic N) is 2. The van der Waals surface area contributed by atoms with Gasteiger partial charge in [-0.25, -0.2) is 4.98 Å². The molecule has 0 saturated heterocycles. The van der Waals surface area contributed by atoms with Gasteiger partial charge >= 0.3 is 0 Å². The average Bonchev–Trinajstić information content (AvgIpc) is 2.99. The van der Waals surface area contributed by atoms with Gasteiger partial charge in [0.15, 0.2) is 0 Å². The maximum absolute atomic E-state index is 6.23. The van der Waals surface area contributed by atoms with Crippen LogP contribution in [-0.4, -0.2) is 26.6 Å². The Morgan fingerprint density at radius 1 is 1.50 bits per heavy atom. The van der Waals surface area contributed by atoms with Crippen molar-refractivity contribution in [3.63, 3.8) is 0 Å². The lowest BCUT2D eigenvalue weighted by atomic mass is 10.2. The minimum atomic E-state index is 0.244. The number of thioether (sulfide) groups is 1. The Morgan fingerprint density at radius 2 is 2.28 bits per heavy atom. The summed E-state index contributed by atoms with van der Waals surface area (Å²) in [6.07, 6.45) is 11.6. The molecule has 4 heteroatoms. The molecule has 1 atom stereocenters. The van der Waals surface area contributed by atoms with Crippen molar-refractivity contribution in [1.29, 1.82) is 0 Å². The van der Waals surface area contributed by atoms with Crippen molar-refractivity contribution in [2.75, 3.05) is 5.75 Å². The van der Waals surface area contributed by atoms with Gasteiger partial charge in [-0.05, 0) is 19.3 Å². The predicted molar refractivity (Wildman–Crippen MR) is 78.9 cm³/mol. The van der Waals surface area contributed by atoms with Crippen LogP contribution in [0.15, 0.2) is 12.4 Å². The Balaban J connectivity index is 1.75. The second-order valence-electron chi connectivity index (χ2n) is 5.24. The monoisotopic (exact) mass is 267 g/mol. The number of hydrogen-bond acceptors (Lipinski definition) is 3. The smallest absolute Gasteiger partial charge is 0.110 e. The number of hydrogen-bond donors (Lipinski definition) is 1. The molecule has 1 aliphatic rings. The molecule has 0 aliphatic heterocycles. The van der Waals surface area contributed by atoms with E-state index in [4.69, 9.17) is 5.73 Å². The van der Waals surface area contributed by atoms with Gasteiger partial charge in [-0.3, -0.25) is 0 Å². The van der Waals surface area contributed by atoms with Crippen LogP contribution in [0.25, 0.3) is 0 Å². The zero-order chi connectivity index (χ0) is 12.8. The largest absolute Gasteiger partial charge is 0.335 e. The lowest BCUT2D eigenvalue weighted by Gasteiger charge is -2.15. The van der Waals surface area contributed by atoms with Crippen LogP contribution in [0.3, 0.4) is 0 Å². The highest BCUT2D eigenvalue weighted by Gasteiger charge is 2.17. The normalized spacial score (nSPS) is 18.3. The van der Waals surface area contributed by atoms with Crippen molar-refractivity contribution < 1.29 is 0 Å². The Kier molecular flexibility index (Phi) is 5.57. The molecule has 1 heterocycles. The summed E-state index contributed by atoms with van der Waals surface area (Å²) >= 11 is 2.07. The summed E-state index contributed by atoms with van der Waals surface area (Å²) in [6, 6.07) is 0.244. The molecule has 1 saturated carbocycles. The second-order valence-corrected chi connectivity index (χ2v) is 6.57. The fourth-order valence-corrected chi connectivity index (χ4v) is 3.89. The summed E-state index contributed by atoms with van der Waals surface area (Å²) < 4.78 is 2.24. The maximum atomic E-state index is 6.23. The molecule has 0 amide bonds. The minimum Gasteiger partial charge on any atom is -0.335 e. The summed E-state index contributed by atoms with van der Waals surface area (Å²) in [4.78, 5) is 4.43. The molecule has 1 fully saturated rings. The standard InChI is InChI=1S/C14H25N3S/c1-2-8-17-9-7-16-14(17)10-12(15)11-18-13-5-3-4-6-13/h7,9,12-13H,2-6,8,10-11,15H2,1H3. The van der Waals surface area contributed by atoms with E-state index in [0.717, 1.165) is 36.2 Å². The van der Waals surface area contributed by atoms with Crippen LogP contribution in [0.2, 0.25) is 0 Å². The highest BCUT2D eigenvalue weighted by molar-refractivity contribution is 7.99. The van der Waals surface area contributed by atoms with E-state index in [1.807, 2.05) is 6.20 Å². The molecule has 1 unspecified atom stereocenters. The highest BCUT2D eigenvalue weighted by atomic mass is 32.2. The summed E-state index contributed by atoms with van der Waals surface area (Å²) in [7, 11) is 0. The predicted octanol–water partition coefficient (Wildman–Crippen LogP) is 2.84. The fraction of sp³-hybridized carbons (Fsp3) is 0.786. The molecule has 2 N–H and O–H groups in total. The molecule has 18 heavy (non-hydrogen) atoms. The molecule has 1 aliphatic carbocycles. The molecule has 0 radical (unpaired) electrons. The SMILES string of the molecule is CCCn1ccnc1CC(N)CSC1CCCC1. The van der Waals surface area contributed by atoms with Crippen molar-refractivity contribution in [3.05, 3.63) is 18.2 Å². The van der Waals surface area contributed by atoms with Gasteiger partial charge in [0.2, 0.25) is 0 Å². The molecule has 1 aromatic rings. The first-order valence-corrected chi connectivity index (χ1v) is 8.21. The third-order valence-corrected chi connectivity index (χ3v) is 5.12. The van der Waals surface area contributed by atoms with Gasteiger partial charge in [0.25, 0.3) is 0 Å². The van der Waals surface area contributed by atoms with E-state index in [1.54, 1.807) is 0 Å². The molecular formula is C14H25N3S. The number of nitrogens with two attached hydrogens (primary N) is 1. The van der Waals surface area contributed by atoms with Crippen LogP contribution in [0.5, 0.6) is 0 Å². The first kappa shape index (κ1) is 13.9. The first-order chi connectivity index (χ1) is 8.79. The number of aryl methyl sites for hydroxylation is 1. The molecule has 0 bridgehead atoms. The molecule has 1 aromatic heterocycles. The van der Waals surface area contributed by atoms with Gasteiger partial charge < -0.3 is 10.3 Å². The molecule has 0 aromatic carbocycles. The van der Waals surface area contributed by atoms with E-state index < -0.39 is 0 Å². The van der Waals surface area contributed by atoms with Gasteiger partial charge in [-0.1, -0.05) is 19.8 Å². The van der Waals surface area contributed by atoms with Gasteiger partial charge in [0.1, 0.15) is 5.82 Å². The Labute approximate surface area is 115 Å². The lowest BCUT2D eigenvalue weighted by molar-refractivity contribution is 0.607. The topological polar surface area (TPSA) is 43.8 Å². The average molecular weight is 267 g/mol. The Morgan fingerprint density at radius 3 is 3.00 bits per heavy atom. The van der Waals surface area contributed by atoms with Crippen molar-refractivity contribution in [2.24, 2.45) is 5.73 Å². The van der Waals surface area contributed by atoms with E-state index in [1.165, 1.54) is 25.7 Å². The third kappa shape index (κ3) is 4.02. The maximum Gasteiger partial charge on any atom is 0.110 e. The fourth-order valence-electron chi connectivity index (χ4n) is 2.58. The van der Waals surface area contributed by atoms with Gasteiger partial charge in [0.05, 0.1) is 0 Å². The molecule has 0 spiro atoms. The number of aromatic nitrogens is 2. The van der Waals surface area contributed by atoms with Gasteiger partial charge in [-0.15, -0.1) is 0 Å². The van der Waals surface area contributed by atoms with Gasteiger partial charge in [0, 0.05) is 42.4 Å². The minimum absolute atomic E-state index is 0.244. The highest BCUT2D eigenvalue weighted by Crippen LogP contribution is 2.29. The first-order valence-electron chi connectivity index (χ1n) is 7.16. The van der Waals surface area contributed by atoms with E-state index >= 15 is 0 Å². The number of rotatable bonds is 7. The van der Waals surface area contributed by atoms with Gasteiger partial charge in [-0.2, -0.15) is 11.8 Å². The van der Waals surface area contributed by atoms with Crippen molar-refractivity contribution in [1.82, 2.24) is 9.55 Å². The van der Waals surface area contributed by atoms with Crippen LogP contribution in [-0.2, 0) is 13.0 Å². The quantitative estimate of drug-likeness (QED) is 0.826. The Hall–Kier alpha value is -0.480. The van der Waals surface area contributed by atoms with E-state index in [0.29, 0.717) is 0 Å². The molecule has 102 valence electrons. The molecular weight excluding hydrogens is 242 g/mol. The van der Waals surface area contributed by atoms with E-state index in [9.17, 15) is 0 Å². The van der Waals surface area contributed by atoms with E-state index in [2.05, 4.69) is 34.4 Å². The molecule has 3 nitrogen and oxygen atoms in total. The zero-order valence-electron chi connectivity index (χ0n) is 11.3. The lowest BCUT2D eigenvalue weighted by Crippen LogP contribution is -2.28. The second kappa shape index (κ2) is 7.19. The van der Waals surface area contributed by atoms with Crippen LogP contribution < -0.4 is 5.73 Å². The zero-order valence-corrected chi connectivity index (χ0v) is 12.2. The van der Waals surface area contributed by atoms with Crippen LogP contribution in [0.1, 0.15) is 44.9 Å². The summed E-state index contributed by atoms with van der Waals surface area (Å²) in [5, 5.41) is 0.867. The Bertz CT molecular complexity index is 345. The number of imidazole rings is 1. The molecule has 2 rings (SSSR count). The summed E-state index contributed by atoms with van der Waals surface area (Å²) in [5.74, 6) is 2.22. The van der Waals surface area contributed by atoms with Crippen molar-refractivity contribution in [2.45, 2.75) is 63.3 Å². The van der Waals surface area contributed by atoms with Crippen LogP contribution >= 0.6 is 11.8 Å². The summed E-state index contributed by atoms with van der Waals surface area (Å²) in [6.45, 7) is 3.25. The van der Waals surface area contributed by atoms with Crippen LogP contribution in [0.4, 0.5) is 0 Å². The third-order valence-electron chi connectivity index (χ3n) is 3.56. The van der Waals surface area contributed by atoms with E-state index in [-0.39, 0.29) is 6.04 Å². The van der Waals surface area contributed by atoms with Crippen LogP contribution in [0, 0.1) is 0 Å². The van der Waals surface area contributed by atoms with Crippen molar-refractivity contribution in [3.8, 4) is 0 Å². The van der Waals surface area contributed by atoms with Crippen molar-refractivity contribution >= 4 is 11.8 Å². The summed E-state index contributed by atoms with van der Waals surface area (Å²) in [5.41, 5.74) is 6.23.